The van der Waals surface area contributed by atoms with Crippen LogP contribution >= 0.6 is 0 Å². The van der Waals surface area contributed by atoms with Crippen molar-refractivity contribution < 1.29 is 19.4 Å². The molecule has 0 amide bonds. The van der Waals surface area contributed by atoms with Crippen molar-refractivity contribution in [2.45, 2.75) is 174 Å². The second-order valence-electron chi connectivity index (χ2n) is 11.7. The molecule has 0 aliphatic rings. The molecule has 0 aliphatic heterocycles. The lowest BCUT2D eigenvalue weighted by Gasteiger charge is -2.14. The summed E-state index contributed by atoms with van der Waals surface area (Å²) in [6.45, 7) is 4.31. The topological polar surface area (TPSA) is 63.6 Å². The zero-order chi connectivity index (χ0) is 31.5. The number of aliphatic carboxylic acids is 1. The minimum Gasteiger partial charge on any atom is -0.481 e. The highest BCUT2D eigenvalue weighted by Crippen LogP contribution is 2.15. The van der Waals surface area contributed by atoms with Crippen molar-refractivity contribution in [1.82, 2.24) is 0 Å². The molecule has 1 unspecified atom stereocenters. The van der Waals surface area contributed by atoms with Crippen LogP contribution < -0.4 is 0 Å². The highest BCUT2D eigenvalue weighted by Gasteiger charge is 2.11. The van der Waals surface area contributed by atoms with E-state index in [1.54, 1.807) is 0 Å². The van der Waals surface area contributed by atoms with Gasteiger partial charge in [0, 0.05) is 12.8 Å². The van der Waals surface area contributed by atoms with Gasteiger partial charge in [0.05, 0.1) is 0 Å². The lowest BCUT2D eigenvalue weighted by atomic mass is 10.0. The second-order valence-corrected chi connectivity index (χ2v) is 11.7. The Bertz CT molecular complexity index is 774. The third-order valence-corrected chi connectivity index (χ3v) is 7.44. The highest BCUT2D eigenvalue weighted by atomic mass is 16.5. The molecule has 0 saturated heterocycles. The molecule has 0 heterocycles. The van der Waals surface area contributed by atoms with Crippen molar-refractivity contribution in [3.8, 4) is 0 Å². The van der Waals surface area contributed by atoms with E-state index >= 15 is 0 Å². The molecule has 0 fully saturated rings. The Morgan fingerprint density at radius 1 is 0.558 bits per heavy atom. The highest BCUT2D eigenvalue weighted by molar-refractivity contribution is 5.69. The number of allylic oxidation sites excluding steroid dienone is 9. The average molecular weight is 599 g/mol. The van der Waals surface area contributed by atoms with Gasteiger partial charge in [-0.1, -0.05) is 139 Å². The van der Waals surface area contributed by atoms with Crippen LogP contribution in [0.25, 0.3) is 0 Å². The summed E-state index contributed by atoms with van der Waals surface area (Å²) in [5.74, 6) is -0.809. The van der Waals surface area contributed by atoms with Crippen LogP contribution in [0.1, 0.15) is 168 Å². The summed E-state index contributed by atoms with van der Waals surface area (Å²) >= 11 is 0. The molecule has 0 aromatic rings. The Morgan fingerprint density at radius 3 is 1.60 bits per heavy atom. The summed E-state index contributed by atoms with van der Waals surface area (Å²) in [5.41, 5.74) is 0. The number of carboxylic acids is 1. The Morgan fingerprint density at radius 2 is 1.05 bits per heavy atom. The van der Waals surface area contributed by atoms with Crippen LogP contribution in [-0.2, 0) is 14.3 Å². The maximum atomic E-state index is 12.4. The van der Waals surface area contributed by atoms with E-state index in [1.807, 2.05) is 6.08 Å². The van der Waals surface area contributed by atoms with Crippen LogP contribution in [0.4, 0.5) is 0 Å². The van der Waals surface area contributed by atoms with Gasteiger partial charge < -0.3 is 9.84 Å². The summed E-state index contributed by atoms with van der Waals surface area (Å²) in [7, 11) is 0. The van der Waals surface area contributed by atoms with Crippen molar-refractivity contribution in [3.05, 3.63) is 60.8 Å². The molecule has 0 spiro atoms. The molecule has 1 N–H and O–H groups in total. The molecular formula is C39H66O4. The van der Waals surface area contributed by atoms with E-state index in [1.165, 1.54) is 57.8 Å². The minimum absolute atomic E-state index is 0.0812. The van der Waals surface area contributed by atoms with E-state index in [0.29, 0.717) is 6.42 Å². The van der Waals surface area contributed by atoms with E-state index in [0.717, 1.165) is 83.5 Å². The van der Waals surface area contributed by atoms with Gasteiger partial charge in [-0.15, -0.1) is 0 Å². The molecule has 0 aliphatic carbocycles. The van der Waals surface area contributed by atoms with Gasteiger partial charge in [0.25, 0.3) is 0 Å². The molecular weight excluding hydrogens is 532 g/mol. The van der Waals surface area contributed by atoms with Gasteiger partial charge in [0.2, 0.25) is 0 Å². The minimum atomic E-state index is -0.728. The summed E-state index contributed by atoms with van der Waals surface area (Å²) in [5, 5.41) is 8.75. The van der Waals surface area contributed by atoms with Gasteiger partial charge in [-0.2, -0.15) is 0 Å². The molecule has 1 atom stereocenters. The van der Waals surface area contributed by atoms with Crippen LogP contribution in [0.2, 0.25) is 0 Å². The Labute approximate surface area is 265 Å². The smallest absolute Gasteiger partial charge is 0.306 e. The fourth-order valence-corrected chi connectivity index (χ4v) is 4.86. The molecule has 0 radical (unpaired) electrons. The quantitative estimate of drug-likeness (QED) is 0.0490. The Balaban J connectivity index is 3.67. The first-order valence-electron chi connectivity index (χ1n) is 17.8. The van der Waals surface area contributed by atoms with Crippen molar-refractivity contribution in [2.24, 2.45) is 0 Å². The standard InChI is InChI=1S/C39H66O4/c1-3-5-7-8-9-10-11-12-13-14-15-16-17-18-19-20-21-22-23-24-25-26-32-36-39(42)43-37(33-29-6-4-2)34-30-27-28-31-35-38(40)41/h5,7,9-10,12-13,15-16,29,33,37H,3-4,6,8,11,14,17-28,30-32,34-36H2,1-2H3,(H,40,41)/b7-5-,10-9-,13-12-,16-15-,33-29-. The van der Waals surface area contributed by atoms with E-state index in [-0.39, 0.29) is 18.5 Å². The third kappa shape index (κ3) is 34.0. The van der Waals surface area contributed by atoms with Crippen LogP contribution in [0.5, 0.6) is 0 Å². The molecule has 246 valence electrons. The molecule has 0 rings (SSSR count). The first-order valence-corrected chi connectivity index (χ1v) is 17.8. The molecule has 43 heavy (non-hydrogen) atoms. The Kier molecular flexibility index (Phi) is 32.3. The maximum Gasteiger partial charge on any atom is 0.306 e. The zero-order valence-electron chi connectivity index (χ0n) is 28.0. The van der Waals surface area contributed by atoms with Crippen molar-refractivity contribution in [3.63, 3.8) is 0 Å². The SMILES string of the molecule is CC/C=C\C/C=C\C/C=C\C/C=C\CCCCCCCCCCCCC(=O)OC(/C=C\CCC)CCCCCCC(=O)O. The van der Waals surface area contributed by atoms with Gasteiger partial charge in [-0.3, -0.25) is 9.59 Å². The average Bonchev–Trinajstić information content (AvgIpc) is 2.99. The first-order chi connectivity index (χ1) is 21.1. The third-order valence-electron chi connectivity index (χ3n) is 7.44. The molecule has 0 saturated carbocycles. The van der Waals surface area contributed by atoms with Gasteiger partial charge >= 0.3 is 11.9 Å². The van der Waals surface area contributed by atoms with E-state index in [9.17, 15) is 9.59 Å². The van der Waals surface area contributed by atoms with E-state index < -0.39 is 5.97 Å². The Hall–Kier alpha value is -2.36. The fourth-order valence-electron chi connectivity index (χ4n) is 4.86. The second kappa shape index (κ2) is 34.1. The van der Waals surface area contributed by atoms with E-state index in [2.05, 4.69) is 68.5 Å². The lowest BCUT2D eigenvalue weighted by Crippen LogP contribution is -2.16. The largest absolute Gasteiger partial charge is 0.481 e. The number of ether oxygens (including phenoxy) is 1. The zero-order valence-corrected chi connectivity index (χ0v) is 28.0. The number of rotatable bonds is 31. The normalized spacial score (nSPS) is 13.0. The molecule has 0 aromatic carbocycles. The maximum absolute atomic E-state index is 12.4. The summed E-state index contributed by atoms with van der Waals surface area (Å²) in [6, 6.07) is 0. The van der Waals surface area contributed by atoms with E-state index in [4.69, 9.17) is 9.84 Å². The van der Waals surface area contributed by atoms with Gasteiger partial charge in [-0.25, -0.2) is 0 Å². The number of esters is 1. The van der Waals surface area contributed by atoms with Crippen LogP contribution in [0.3, 0.4) is 0 Å². The number of hydrogen-bond acceptors (Lipinski definition) is 3. The number of unbranched alkanes of at least 4 members (excludes halogenated alkanes) is 14. The number of carbonyl (C=O) groups is 2. The van der Waals surface area contributed by atoms with Crippen molar-refractivity contribution >= 4 is 11.9 Å². The number of carbonyl (C=O) groups excluding carboxylic acids is 1. The molecule has 4 heteroatoms. The van der Waals surface area contributed by atoms with Crippen LogP contribution in [0, 0.1) is 0 Å². The van der Waals surface area contributed by atoms with Gasteiger partial charge in [0.15, 0.2) is 0 Å². The van der Waals surface area contributed by atoms with Crippen LogP contribution in [0.15, 0.2) is 60.8 Å². The summed E-state index contributed by atoms with van der Waals surface area (Å²) in [4.78, 5) is 23.0. The number of carboxylic acid groups (broad SMARTS) is 1. The lowest BCUT2D eigenvalue weighted by molar-refractivity contribution is -0.147. The predicted octanol–water partition coefficient (Wildman–Crippen LogP) is 12.2. The monoisotopic (exact) mass is 598 g/mol. The summed E-state index contributed by atoms with van der Waals surface area (Å²) < 4.78 is 5.76. The van der Waals surface area contributed by atoms with Crippen LogP contribution in [-0.4, -0.2) is 23.1 Å². The fraction of sp³-hybridized carbons (Fsp3) is 0.692. The van der Waals surface area contributed by atoms with Crippen molar-refractivity contribution in [2.75, 3.05) is 0 Å². The molecule has 0 aromatic heterocycles. The van der Waals surface area contributed by atoms with Gasteiger partial charge in [0.1, 0.15) is 6.10 Å². The summed E-state index contributed by atoms with van der Waals surface area (Å²) in [6.07, 6.45) is 47.2. The van der Waals surface area contributed by atoms with Crippen molar-refractivity contribution in [1.29, 1.82) is 0 Å². The van der Waals surface area contributed by atoms with Gasteiger partial charge in [-0.05, 0) is 76.7 Å². The number of hydrogen-bond donors (Lipinski definition) is 1. The molecule has 4 nitrogen and oxygen atoms in total. The predicted molar refractivity (Wildman–Crippen MR) is 185 cm³/mol. The first kappa shape index (κ1) is 40.6. The molecule has 0 bridgehead atoms.